The van der Waals surface area contributed by atoms with Gasteiger partial charge in [0, 0.05) is 18.7 Å². The monoisotopic (exact) mass is 516 g/mol. The molecule has 208 valence electrons. The lowest BCUT2D eigenvalue weighted by atomic mass is 10.1. The number of hydrogen-bond donors (Lipinski definition) is 0. The van der Waals surface area contributed by atoms with Crippen molar-refractivity contribution in [2.75, 3.05) is 19.1 Å². The first-order valence-corrected chi connectivity index (χ1v) is 15.6. The number of carbonyl (C=O) groups is 2. The summed E-state index contributed by atoms with van der Waals surface area (Å²) >= 11 is 5.68. The maximum absolute atomic E-state index is 11.8. The summed E-state index contributed by atoms with van der Waals surface area (Å²) in [6.45, 7) is 3.40. The Labute approximate surface area is 222 Å². The molecule has 0 rings (SSSR count). The van der Waals surface area contributed by atoms with Gasteiger partial charge in [-0.1, -0.05) is 116 Å². The molecule has 0 bridgehead atoms. The van der Waals surface area contributed by atoms with Crippen molar-refractivity contribution in [3.63, 3.8) is 0 Å². The highest BCUT2D eigenvalue weighted by molar-refractivity contribution is 6.17. The van der Waals surface area contributed by atoms with Gasteiger partial charge in [-0.3, -0.25) is 9.59 Å². The van der Waals surface area contributed by atoms with Crippen molar-refractivity contribution in [2.45, 2.75) is 161 Å². The number of alkyl halides is 1. The van der Waals surface area contributed by atoms with Gasteiger partial charge in [0.15, 0.2) is 0 Å². The van der Waals surface area contributed by atoms with Gasteiger partial charge in [-0.15, -0.1) is 11.6 Å². The molecule has 0 aromatic carbocycles. The summed E-state index contributed by atoms with van der Waals surface area (Å²) in [6, 6.07) is 0. The van der Waals surface area contributed by atoms with Crippen LogP contribution in [0.3, 0.4) is 0 Å². The molecule has 0 aliphatic heterocycles. The van der Waals surface area contributed by atoms with E-state index in [2.05, 4.69) is 6.92 Å². The summed E-state index contributed by atoms with van der Waals surface area (Å²) in [7, 11) is 0. The maximum atomic E-state index is 11.8. The molecule has 0 amide bonds. The van der Waals surface area contributed by atoms with E-state index >= 15 is 0 Å². The number of carbonyl (C=O) groups excluding carboxylic acids is 2. The second kappa shape index (κ2) is 29.5. The van der Waals surface area contributed by atoms with Crippen molar-refractivity contribution < 1.29 is 19.1 Å². The van der Waals surface area contributed by atoms with Crippen molar-refractivity contribution in [1.29, 1.82) is 0 Å². The van der Waals surface area contributed by atoms with Crippen LogP contribution >= 0.6 is 11.6 Å². The van der Waals surface area contributed by atoms with Crippen LogP contribution in [0.2, 0.25) is 0 Å². The van der Waals surface area contributed by atoms with E-state index in [4.69, 9.17) is 21.1 Å². The molecule has 0 N–H and O–H groups in total. The molecule has 0 aliphatic carbocycles. The molecule has 0 saturated carbocycles. The van der Waals surface area contributed by atoms with E-state index in [0.29, 0.717) is 26.1 Å². The van der Waals surface area contributed by atoms with Gasteiger partial charge in [-0.25, -0.2) is 0 Å². The summed E-state index contributed by atoms with van der Waals surface area (Å²) in [5, 5.41) is 0. The Hall–Kier alpha value is -0.770. The standard InChI is InChI=1S/C30H57ClO4/c1-2-3-4-5-6-12-17-22-27-34-29(32)24-19-14-9-10-15-20-25-30(33)35-28-23-18-13-8-7-11-16-21-26-31/h2-28H2,1H3. The average molecular weight is 517 g/mol. The van der Waals surface area contributed by atoms with Crippen molar-refractivity contribution in [1.82, 2.24) is 0 Å². The van der Waals surface area contributed by atoms with Crippen LogP contribution in [0.4, 0.5) is 0 Å². The largest absolute Gasteiger partial charge is 0.466 e. The molecular weight excluding hydrogens is 460 g/mol. The highest BCUT2D eigenvalue weighted by Gasteiger charge is 2.04. The Morgan fingerprint density at radius 2 is 0.771 bits per heavy atom. The molecule has 0 heterocycles. The van der Waals surface area contributed by atoms with Gasteiger partial charge >= 0.3 is 11.9 Å². The van der Waals surface area contributed by atoms with Gasteiger partial charge in [0.05, 0.1) is 13.2 Å². The van der Waals surface area contributed by atoms with Crippen LogP contribution in [0.25, 0.3) is 0 Å². The zero-order valence-corrected chi connectivity index (χ0v) is 23.9. The van der Waals surface area contributed by atoms with Crippen LogP contribution in [0.15, 0.2) is 0 Å². The van der Waals surface area contributed by atoms with Crippen molar-refractivity contribution in [2.24, 2.45) is 0 Å². The number of esters is 2. The lowest BCUT2D eigenvalue weighted by molar-refractivity contribution is -0.144. The van der Waals surface area contributed by atoms with Crippen molar-refractivity contribution in [3.05, 3.63) is 0 Å². The minimum absolute atomic E-state index is 0.0436. The van der Waals surface area contributed by atoms with Crippen LogP contribution in [0.5, 0.6) is 0 Å². The molecule has 0 atom stereocenters. The van der Waals surface area contributed by atoms with Gasteiger partial charge in [0.25, 0.3) is 0 Å². The second-order valence-electron chi connectivity index (χ2n) is 10.1. The Bertz CT molecular complexity index is 456. The summed E-state index contributed by atoms with van der Waals surface area (Å²) in [5.74, 6) is 0.686. The lowest BCUT2D eigenvalue weighted by Crippen LogP contribution is -2.06. The SMILES string of the molecule is CCCCCCCCCCOC(=O)CCCCCCCCC(=O)OCCCCCCCCCCCl. The first-order valence-electron chi connectivity index (χ1n) is 15.1. The normalized spacial score (nSPS) is 11.0. The molecule has 0 spiro atoms. The number of halogens is 1. The van der Waals surface area contributed by atoms with E-state index in [9.17, 15) is 9.59 Å². The zero-order valence-electron chi connectivity index (χ0n) is 23.1. The third kappa shape index (κ3) is 29.4. The van der Waals surface area contributed by atoms with Crippen LogP contribution in [-0.4, -0.2) is 31.0 Å². The third-order valence-electron chi connectivity index (χ3n) is 6.56. The predicted octanol–water partition coefficient (Wildman–Crippen LogP) is 9.69. The Kier molecular flexibility index (Phi) is 28.8. The first-order chi connectivity index (χ1) is 17.2. The van der Waals surface area contributed by atoms with Gasteiger partial charge in [0.2, 0.25) is 0 Å². The van der Waals surface area contributed by atoms with Crippen LogP contribution in [0.1, 0.15) is 161 Å². The topological polar surface area (TPSA) is 52.6 Å². The Morgan fingerprint density at radius 3 is 1.14 bits per heavy atom. The molecule has 5 heteroatoms. The smallest absolute Gasteiger partial charge is 0.305 e. The highest BCUT2D eigenvalue weighted by atomic mass is 35.5. The number of ether oxygens (including phenoxy) is 2. The summed E-state index contributed by atoms with van der Waals surface area (Å²) in [5.41, 5.74) is 0. The lowest BCUT2D eigenvalue weighted by Gasteiger charge is -2.06. The molecule has 0 aliphatic rings. The number of rotatable bonds is 28. The third-order valence-corrected chi connectivity index (χ3v) is 6.83. The molecule has 0 aromatic rings. The van der Waals surface area contributed by atoms with Gasteiger partial charge in [-0.2, -0.15) is 0 Å². The van der Waals surface area contributed by atoms with Gasteiger partial charge in [-0.05, 0) is 32.1 Å². The van der Waals surface area contributed by atoms with Gasteiger partial charge in [0.1, 0.15) is 0 Å². The predicted molar refractivity (Wildman–Crippen MR) is 149 cm³/mol. The quantitative estimate of drug-likeness (QED) is 0.0589. The zero-order chi connectivity index (χ0) is 25.7. The first kappa shape index (κ1) is 34.2. The average Bonchev–Trinajstić information content (AvgIpc) is 2.85. The molecule has 0 radical (unpaired) electrons. The fraction of sp³-hybridized carbons (Fsp3) is 0.933. The molecule has 0 saturated heterocycles. The van der Waals surface area contributed by atoms with E-state index < -0.39 is 0 Å². The number of unbranched alkanes of at least 4 members (excludes halogenated alkanes) is 19. The van der Waals surface area contributed by atoms with E-state index in [1.807, 2.05) is 0 Å². The Balaban J connectivity index is 3.25. The van der Waals surface area contributed by atoms with Crippen molar-refractivity contribution >= 4 is 23.5 Å². The maximum Gasteiger partial charge on any atom is 0.305 e. The molecular formula is C30H57ClO4. The second-order valence-corrected chi connectivity index (χ2v) is 10.4. The van der Waals surface area contributed by atoms with Gasteiger partial charge < -0.3 is 9.47 Å². The summed E-state index contributed by atoms with van der Waals surface area (Å²) in [6.07, 6.45) is 26.9. The molecule has 0 fully saturated rings. The van der Waals surface area contributed by atoms with E-state index in [1.54, 1.807) is 0 Å². The minimum atomic E-state index is -0.0506. The van der Waals surface area contributed by atoms with E-state index in [0.717, 1.165) is 70.1 Å². The summed E-state index contributed by atoms with van der Waals surface area (Å²) in [4.78, 5) is 23.6. The molecule has 35 heavy (non-hydrogen) atoms. The highest BCUT2D eigenvalue weighted by Crippen LogP contribution is 2.12. The van der Waals surface area contributed by atoms with Crippen molar-refractivity contribution in [3.8, 4) is 0 Å². The van der Waals surface area contributed by atoms with E-state index in [1.165, 1.54) is 77.0 Å². The number of hydrogen-bond acceptors (Lipinski definition) is 4. The molecule has 0 unspecified atom stereocenters. The Morgan fingerprint density at radius 1 is 0.457 bits per heavy atom. The molecule has 4 nitrogen and oxygen atoms in total. The summed E-state index contributed by atoms with van der Waals surface area (Å²) < 4.78 is 10.7. The van der Waals surface area contributed by atoms with E-state index in [-0.39, 0.29) is 11.9 Å². The van der Waals surface area contributed by atoms with Crippen LogP contribution in [0, 0.1) is 0 Å². The minimum Gasteiger partial charge on any atom is -0.466 e. The fourth-order valence-corrected chi connectivity index (χ4v) is 4.44. The fourth-order valence-electron chi connectivity index (χ4n) is 4.26. The molecule has 0 aromatic heterocycles. The van der Waals surface area contributed by atoms with Crippen LogP contribution < -0.4 is 0 Å². The van der Waals surface area contributed by atoms with Crippen LogP contribution in [-0.2, 0) is 19.1 Å².